The Bertz CT molecular complexity index is 1070. The Hall–Kier alpha value is -2.76. The van der Waals surface area contributed by atoms with Gasteiger partial charge in [-0.3, -0.25) is 9.59 Å². The van der Waals surface area contributed by atoms with Crippen molar-refractivity contribution < 1.29 is 9.59 Å². The summed E-state index contributed by atoms with van der Waals surface area (Å²) in [4.78, 5) is 25.7. The largest absolute Gasteiger partial charge is 0.326 e. The second-order valence-electron chi connectivity index (χ2n) is 7.42. The van der Waals surface area contributed by atoms with Crippen LogP contribution in [-0.2, 0) is 16.0 Å². The summed E-state index contributed by atoms with van der Waals surface area (Å²) < 4.78 is 0. The van der Waals surface area contributed by atoms with Crippen molar-refractivity contribution in [3.05, 3.63) is 88.4 Å². The zero-order chi connectivity index (χ0) is 22.4. The average molecular weight is 453 g/mol. The van der Waals surface area contributed by atoms with Crippen molar-refractivity contribution in [1.29, 1.82) is 0 Å². The van der Waals surface area contributed by atoms with E-state index in [0.717, 1.165) is 27.4 Å². The highest BCUT2D eigenvalue weighted by Gasteiger charge is 2.15. The van der Waals surface area contributed by atoms with Crippen LogP contribution < -0.4 is 10.6 Å². The molecule has 0 saturated heterocycles. The van der Waals surface area contributed by atoms with Gasteiger partial charge in [-0.2, -0.15) is 0 Å². The first kappa shape index (κ1) is 22.9. The molecule has 0 aliphatic heterocycles. The van der Waals surface area contributed by atoms with E-state index in [2.05, 4.69) is 10.6 Å². The summed E-state index contributed by atoms with van der Waals surface area (Å²) in [6, 6.07) is 20.6. The molecule has 1 atom stereocenters. The fourth-order valence-electron chi connectivity index (χ4n) is 2.93. The molecule has 2 N–H and O–H groups in total. The van der Waals surface area contributed by atoms with Gasteiger partial charge in [0.2, 0.25) is 11.8 Å². The molecule has 0 fully saturated rings. The number of halogens is 1. The number of carbonyl (C=O) groups is 2. The SMILES string of the molecule is Cc1ccc(NC(=O)C(C)Sc2ccc(NC(=O)Cc3ccc(Cl)cc3)cc2)cc1C. The molecule has 0 aliphatic rings. The smallest absolute Gasteiger partial charge is 0.237 e. The van der Waals surface area contributed by atoms with Crippen LogP contribution in [-0.4, -0.2) is 17.1 Å². The molecule has 2 amide bonds. The Morgan fingerprint density at radius 3 is 2.16 bits per heavy atom. The molecule has 160 valence electrons. The van der Waals surface area contributed by atoms with E-state index >= 15 is 0 Å². The molecule has 0 radical (unpaired) electrons. The Balaban J connectivity index is 1.51. The van der Waals surface area contributed by atoms with Gasteiger partial charge in [-0.1, -0.05) is 29.8 Å². The molecule has 0 aliphatic carbocycles. The molecule has 3 aromatic carbocycles. The van der Waals surface area contributed by atoms with E-state index in [1.54, 1.807) is 12.1 Å². The first-order valence-electron chi connectivity index (χ1n) is 9.99. The Kier molecular flexibility index (Phi) is 7.77. The second kappa shape index (κ2) is 10.5. The summed E-state index contributed by atoms with van der Waals surface area (Å²) in [7, 11) is 0. The van der Waals surface area contributed by atoms with E-state index in [1.807, 2.05) is 75.4 Å². The van der Waals surface area contributed by atoms with Gasteiger partial charge < -0.3 is 10.6 Å². The molecule has 6 heteroatoms. The van der Waals surface area contributed by atoms with Gasteiger partial charge in [0, 0.05) is 21.3 Å². The third-order valence-corrected chi connectivity index (χ3v) is 6.24. The van der Waals surface area contributed by atoms with Gasteiger partial charge in [0.15, 0.2) is 0 Å². The normalized spacial score (nSPS) is 11.6. The molecule has 0 bridgehead atoms. The van der Waals surface area contributed by atoms with Gasteiger partial charge in [-0.25, -0.2) is 0 Å². The zero-order valence-electron chi connectivity index (χ0n) is 17.7. The fraction of sp³-hybridized carbons (Fsp3) is 0.200. The van der Waals surface area contributed by atoms with Crippen molar-refractivity contribution >= 4 is 46.6 Å². The van der Waals surface area contributed by atoms with Gasteiger partial charge in [-0.15, -0.1) is 11.8 Å². The lowest BCUT2D eigenvalue weighted by Gasteiger charge is -2.13. The Labute approximate surface area is 192 Å². The van der Waals surface area contributed by atoms with Crippen LogP contribution in [0, 0.1) is 13.8 Å². The van der Waals surface area contributed by atoms with E-state index in [1.165, 1.54) is 17.3 Å². The van der Waals surface area contributed by atoms with E-state index in [4.69, 9.17) is 11.6 Å². The van der Waals surface area contributed by atoms with Crippen molar-refractivity contribution in [3.63, 3.8) is 0 Å². The molecular formula is C25H25ClN2O2S. The topological polar surface area (TPSA) is 58.2 Å². The first-order valence-corrected chi connectivity index (χ1v) is 11.2. The lowest BCUT2D eigenvalue weighted by Crippen LogP contribution is -2.22. The summed E-state index contributed by atoms with van der Waals surface area (Å²) in [6.07, 6.45) is 0.281. The fourth-order valence-corrected chi connectivity index (χ4v) is 3.92. The van der Waals surface area contributed by atoms with Crippen molar-refractivity contribution in [2.24, 2.45) is 0 Å². The van der Waals surface area contributed by atoms with Gasteiger partial charge in [-0.05, 0) is 86.0 Å². The minimum absolute atomic E-state index is 0.0476. The summed E-state index contributed by atoms with van der Waals surface area (Å²) in [5, 5.41) is 6.25. The third-order valence-electron chi connectivity index (χ3n) is 4.87. The number of hydrogen-bond acceptors (Lipinski definition) is 3. The van der Waals surface area contributed by atoms with E-state index < -0.39 is 0 Å². The summed E-state index contributed by atoms with van der Waals surface area (Å²) >= 11 is 7.35. The summed E-state index contributed by atoms with van der Waals surface area (Å²) in [5.74, 6) is -0.141. The van der Waals surface area contributed by atoms with Gasteiger partial charge in [0.1, 0.15) is 0 Å². The first-order chi connectivity index (χ1) is 14.8. The van der Waals surface area contributed by atoms with Crippen molar-refractivity contribution in [2.45, 2.75) is 37.3 Å². The standard InChI is InChI=1S/C25H25ClN2O2S/c1-16-4-9-22(14-17(16)2)28-25(30)18(3)31-23-12-10-21(11-13-23)27-24(29)15-19-5-7-20(26)8-6-19/h4-14,18H,15H2,1-3H3,(H,27,29)(H,28,30). The minimum atomic E-state index is -0.257. The molecule has 0 heterocycles. The number of rotatable bonds is 7. The van der Waals surface area contributed by atoms with E-state index in [0.29, 0.717) is 5.02 Å². The molecule has 4 nitrogen and oxygen atoms in total. The van der Waals surface area contributed by atoms with Crippen LogP contribution in [0.4, 0.5) is 11.4 Å². The lowest BCUT2D eigenvalue weighted by molar-refractivity contribution is -0.116. The number of nitrogens with one attached hydrogen (secondary N) is 2. The number of anilines is 2. The van der Waals surface area contributed by atoms with Crippen LogP contribution in [0.15, 0.2) is 71.6 Å². The highest BCUT2D eigenvalue weighted by molar-refractivity contribution is 8.00. The summed E-state index contributed by atoms with van der Waals surface area (Å²) in [6.45, 7) is 5.95. The number of amides is 2. The van der Waals surface area contributed by atoms with Crippen molar-refractivity contribution in [3.8, 4) is 0 Å². The molecule has 3 rings (SSSR count). The number of benzene rings is 3. The lowest BCUT2D eigenvalue weighted by atomic mass is 10.1. The van der Waals surface area contributed by atoms with Gasteiger partial charge in [0.25, 0.3) is 0 Å². The molecule has 1 unspecified atom stereocenters. The zero-order valence-corrected chi connectivity index (χ0v) is 19.3. The Morgan fingerprint density at radius 1 is 0.871 bits per heavy atom. The predicted octanol–water partition coefficient (Wildman–Crippen LogP) is 6.26. The minimum Gasteiger partial charge on any atom is -0.326 e. The Morgan fingerprint density at radius 2 is 1.52 bits per heavy atom. The molecular weight excluding hydrogens is 428 g/mol. The highest BCUT2D eigenvalue weighted by atomic mass is 35.5. The van der Waals surface area contributed by atoms with Crippen LogP contribution in [0.3, 0.4) is 0 Å². The molecule has 3 aromatic rings. The van der Waals surface area contributed by atoms with Crippen molar-refractivity contribution in [2.75, 3.05) is 10.6 Å². The number of carbonyl (C=O) groups excluding carboxylic acids is 2. The average Bonchev–Trinajstić information content (AvgIpc) is 2.74. The maximum atomic E-state index is 12.5. The van der Waals surface area contributed by atoms with Crippen LogP contribution in [0.2, 0.25) is 5.02 Å². The molecule has 31 heavy (non-hydrogen) atoms. The maximum absolute atomic E-state index is 12.5. The van der Waals surface area contributed by atoms with Crippen LogP contribution >= 0.6 is 23.4 Å². The van der Waals surface area contributed by atoms with Gasteiger partial charge >= 0.3 is 0 Å². The monoisotopic (exact) mass is 452 g/mol. The number of thioether (sulfide) groups is 1. The van der Waals surface area contributed by atoms with Crippen LogP contribution in [0.25, 0.3) is 0 Å². The second-order valence-corrected chi connectivity index (χ2v) is 9.27. The molecule has 0 saturated carbocycles. The predicted molar refractivity (Wildman–Crippen MR) is 130 cm³/mol. The van der Waals surface area contributed by atoms with Crippen LogP contribution in [0.1, 0.15) is 23.6 Å². The van der Waals surface area contributed by atoms with E-state index in [-0.39, 0.29) is 23.5 Å². The maximum Gasteiger partial charge on any atom is 0.237 e. The molecule has 0 spiro atoms. The highest BCUT2D eigenvalue weighted by Crippen LogP contribution is 2.26. The third kappa shape index (κ3) is 6.88. The van der Waals surface area contributed by atoms with Gasteiger partial charge in [0.05, 0.1) is 11.7 Å². The summed E-state index contributed by atoms with van der Waals surface area (Å²) in [5.41, 5.74) is 4.76. The van der Waals surface area contributed by atoms with Crippen LogP contribution in [0.5, 0.6) is 0 Å². The number of aryl methyl sites for hydroxylation is 2. The quantitative estimate of drug-likeness (QED) is 0.416. The molecule has 0 aromatic heterocycles. The van der Waals surface area contributed by atoms with E-state index in [9.17, 15) is 9.59 Å². The van der Waals surface area contributed by atoms with Crippen molar-refractivity contribution in [1.82, 2.24) is 0 Å². The number of hydrogen-bond donors (Lipinski definition) is 2.